The topological polar surface area (TPSA) is 113 Å². The number of amides is 1. The number of phenolic OH excluding ortho intramolecular Hbond substituents is 2. The van der Waals surface area contributed by atoms with Crippen LogP contribution in [0.1, 0.15) is 44.9 Å². The fourth-order valence-electron chi connectivity index (χ4n) is 3.35. The van der Waals surface area contributed by atoms with Crippen LogP contribution in [0.3, 0.4) is 0 Å². The number of phenols is 2. The van der Waals surface area contributed by atoms with Crippen LogP contribution in [0.5, 0.6) is 17.2 Å². The van der Waals surface area contributed by atoms with E-state index in [1.165, 1.54) is 29.2 Å². The lowest BCUT2D eigenvalue weighted by Crippen LogP contribution is -2.58. The average Bonchev–Trinajstić information content (AvgIpc) is 2.71. The number of benzene rings is 2. The lowest BCUT2D eigenvalue weighted by Gasteiger charge is -2.43. The minimum Gasteiger partial charge on any atom is -0.507 e. The first-order valence-corrected chi connectivity index (χ1v) is 9.39. The summed E-state index contributed by atoms with van der Waals surface area (Å²) in [5.74, 6) is -0.726. The molecule has 1 heterocycles. The fraction of sp³-hybridized carbons (Fsp3) is 0.318. The average molecular weight is 413 g/mol. The van der Waals surface area contributed by atoms with Crippen molar-refractivity contribution in [2.45, 2.75) is 25.5 Å². The number of aromatic hydroxyl groups is 2. The number of rotatable bonds is 6. The van der Waals surface area contributed by atoms with E-state index in [1.54, 1.807) is 12.1 Å². The van der Waals surface area contributed by atoms with E-state index in [2.05, 4.69) is 0 Å². The van der Waals surface area contributed by atoms with Crippen molar-refractivity contribution in [2.75, 3.05) is 19.8 Å². The van der Waals surface area contributed by atoms with Gasteiger partial charge in [-0.3, -0.25) is 14.4 Å². The van der Waals surface area contributed by atoms with Crippen molar-refractivity contribution in [3.05, 3.63) is 53.1 Å². The molecule has 1 saturated heterocycles. The molecule has 30 heavy (non-hydrogen) atoms. The molecule has 1 fully saturated rings. The van der Waals surface area contributed by atoms with Crippen LogP contribution >= 0.6 is 0 Å². The molecule has 0 spiro atoms. The van der Waals surface area contributed by atoms with Crippen molar-refractivity contribution in [1.29, 1.82) is 0 Å². The minimum absolute atomic E-state index is 0.00134. The molecule has 1 atom stereocenters. The summed E-state index contributed by atoms with van der Waals surface area (Å²) < 4.78 is 11.6. The molecular formula is C22H23NO7. The van der Waals surface area contributed by atoms with Crippen LogP contribution in [0.25, 0.3) is 0 Å². The molecule has 0 unspecified atom stereocenters. The molecule has 158 valence electrons. The summed E-state index contributed by atoms with van der Waals surface area (Å²) in [4.78, 5) is 37.5. The number of ether oxygens (including phenoxy) is 2. The maximum Gasteiger partial charge on any atom is 0.255 e. The van der Waals surface area contributed by atoms with Crippen molar-refractivity contribution in [1.82, 2.24) is 4.90 Å². The zero-order valence-corrected chi connectivity index (χ0v) is 16.7. The molecule has 2 aromatic carbocycles. The van der Waals surface area contributed by atoms with Crippen molar-refractivity contribution in [3.63, 3.8) is 0 Å². The van der Waals surface area contributed by atoms with Gasteiger partial charge in [-0.1, -0.05) is 12.1 Å². The Balaban J connectivity index is 1.88. The van der Waals surface area contributed by atoms with Crippen LogP contribution in [0.2, 0.25) is 0 Å². The molecule has 3 rings (SSSR count). The molecule has 2 aromatic rings. The molecule has 1 aliphatic rings. The van der Waals surface area contributed by atoms with E-state index in [0.29, 0.717) is 12.6 Å². The first kappa shape index (κ1) is 21.3. The third-order valence-corrected chi connectivity index (χ3v) is 4.94. The van der Waals surface area contributed by atoms with E-state index >= 15 is 0 Å². The van der Waals surface area contributed by atoms with Gasteiger partial charge in [-0.2, -0.15) is 0 Å². The molecule has 1 aliphatic heterocycles. The SMILES string of the molecule is CC1(C)CN(C(=O)c2cccc(O)c2C=O)[C@H](COc2cccc(O)c2C=O)CO1. The van der Waals surface area contributed by atoms with Crippen LogP contribution in [-0.4, -0.2) is 65.0 Å². The molecule has 8 heteroatoms. The lowest BCUT2D eigenvalue weighted by molar-refractivity contribution is -0.108. The molecule has 0 bridgehead atoms. The molecule has 0 saturated carbocycles. The van der Waals surface area contributed by atoms with E-state index < -0.39 is 17.6 Å². The number of hydrogen-bond acceptors (Lipinski definition) is 7. The van der Waals surface area contributed by atoms with Gasteiger partial charge in [0.25, 0.3) is 5.91 Å². The molecule has 0 aliphatic carbocycles. The Morgan fingerprint density at radius 1 is 1.13 bits per heavy atom. The highest BCUT2D eigenvalue weighted by atomic mass is 16.5. The highest BCUT2D eigenvalue weighted by Gasteiger charge is 2.38. The molecular weight excluding hydrogens is 390 g/mol. The van der Waals surface area contributed by atoms with Gasteiger partial charge in [0.15, 0.2) is 12.6 Å². The Morgan fingerprint density at radius 3 is 2.43 bits per heavy atom. The Morgan fingerprint density at radius 2 is 1.77 bits per heavy atom. The van der Waals surface area contributed by atoms with Crippen LogP contribution in [0, 0.1) is 0 Å². The van der Waals surface area contributed by atoms with Gasteiger partial charge in [0.05, 0.1) is 34.9 Å². The molecule has 2 N–H and O–H groups in total. The molecule has 8 nitrogen and oxygen atoms in total. The van der Waals surface area contributed by atoms with Crippen LogP contribution in [-0.2, 0) is 4.74 Å². The summed E-state index contributed by atoms with van der Waals surface area (Å²) in [6.45, 7) is 4.08. The van der Waals surface area contributed by atoms with Gasteiger partial charge >= 0.3 is 0 Å². The van der Waals surface area contributed by atoms with E-state index in [1.807, 2.05) is 13.8 Å². The van der Waals surface area contributed by atoms with E-state index in [4.69, 9.17) is 9.47 Å². The Hall–Kier alpha value is -3.39. The smallest absolute Gasteiger partial charge is 0.255 e. The minimum atomic E-state index is -0.622. The summed E-state index contributed by atoms with van der Waals surface area (Å²) >= 11 is 0. The van der Waals surface area contributed by atoms with Gasteiger partial charge in [-0.15, -0.1) is 0 Å². The third kappa shape index (κ3) is 4.28. The van der Waals surface area contributed by atoms with E-state index in [0.717, 1.165) is 0 Å². The summed E-state index contributed by atoms with van der Waals surface area (Å²) in [7, 11) is 0. The predicted octanol–water partition coefficient (Wildman–Crippen LogP) is 2.42. The molecule has 1 amide bonds. The zero-order valence-electron chi connectivity index (χ0n) is 16.7. The van der Waals surface area contributed by atoms with Gasteiger partial charge in [0.2, 0.25) is 0 Å². The maximum atomic E-state index is 13.3. The number of aldehydes is 2. The highest BCUT2D eigenvalue weighted by molar-refractivity contribution is 6.03. The summed E-state index contributed by atoms with van der Waals surface area (Å²) in [6, 6.07) is 8.26. The number of carbonyl (C=O) groups is 3. The Bertz CT molecular complexity index is 970. The summed E-state index contributed by atoms with van der Waals surface area (Å²) in [5, 5.41) is 19.7. The Labute approximate surface area is 173 Å². The van der Waals surface area contributed by atoms with Crippen molar-refractivity contribution >= 4 is 18.5 Å². The van der Waals surface area contributed by atoms with Gasteiger partial charge in [-0.25, -0.2) is 0 Å². The highest BCUT2D eigenvalue weighted by Crippen LogP contribution is 2.29. The summed E-state index contributed by atoms with van der Waals surface area (Å²) in [5.41, 5.74) is -0.603. The number of hydrogen-bond donors (Lipinski definition) is 2. The van der Waals surface area contributed by atoms with Crippen LogP contribution in [0.4, 0.5) is 0 Å². The van der Waals surface area contributed by atoms with Gasteiger partial charge in [0, 0.05) is 6.54 Å². The van der Waals surface area contributed by atoms with E-state index in [9.17, 15) is 24.6 Å². The van der Waals surface area contributed by atoms with Crippen LogP contribution < -0.4 is 4.74 Å². The number of nitrogens with zero attached hydrogens (tertiary/aromatic N) is 1. The summed E-state index contributed by atoms with van der Waals surface area (Å²) in [6.07, 6.45) is 0.944. The predicted molar refractivity (Wildman–Crippen MR) is 107 cm³/mol. The van der Waals surface area contributed by atoms with Crippen molar-refractivity contribution < 1.29 is 34.1 Å². The van der Waals surface area contributed by atoms with Gasteiger partial charge in [-0.05, 0) is 38.1 Å². The number of morpholine rings is 1. The zero-order chi connectivity index (χ0) is 21.9. The quantitative estimate of drug-likeness (QED) is 0.699. The normalized spacial score (nSPS) is 17.9. The second-order valence-electron chi connectivity index (χ2n) is 7.63. The fourth-order valence-corrected chi connectivity index (χ4v) is 3.35. The first-order chi connectivity index (χ1) is 14.3. The maximum absolute atomic E-state index is 13.3. The molecule has 0 radical (unpaired) electrons. The standard InChI is InChI=1S/C22H23NO7/c1-22(2)13-23(21(28)15-5-3-6-18(26)16(15)9-24)14(12-30-22)11-29-20-8-4-7-19(27)17(20)10-25/h3-10,14,26-27H,11-13H2,1-2H3/t14-/m1/s1. The van der Waals surface area contributed by atoms with Gasteiger partial charge < -0.3 is 24.6 Å². The van der Waals surface area contributed by atoms with Gasteiger partial charge in [0.1, 0.15) is 23.9 Å². The van der Waals surface area contributed by atoms with Crippen molar-refractivity contribution in [2.24, 2.45) is 0 Å². The van der Waals surface area contributed by atoms with Crippen LogP contribution in [0.15, 0.2) is 36.4 Å². The molecule has 0 aromatic heterocycles. The largest absolute Gasteiger partial charge is 0.507 e. The second kappa shape index (κ2) is 8.54. The first-order valence-electron chi connectivity index (χ1n) is 9.39. The van der Waals surface area contributed by atoms with E-state index in [-0.39, 0.29) is 53.7 Å². The lowest BCUT2D eigenvalue weighted by atomic mass is 10.0. The second-order valence-corrected chi connectivity index (χ2v) is 7.63. The monoisotopic (exact) mass is 413 g/mol. The van der Waals surface area contributed by atoms with Crippen molar-refractivity contribution in [3.8, 4) is 17.2 Å². The Kier molecular flexibility index (Phi) is 6.07. The third-order valence-electron chi connectivity index (χ3n) is 4.94. The number of carbonyl (C=O) groups excluding carboxylic acids is 3.